The lowest BCUT2D eigenvalue weighted by atomic mass is 10.0. The van der Waals surface area contributed by atoms with E-state index in [2.05, 4.69) is 0 Å². The van der Waals surface area contributed by atoms with Gasteiger partial charge in [-0.05, 0) is 41.3 Å². The highest BCUT2D eigenvalue weighted by Crippen LogP contribution is 2.41. The van der Waals surface area contributed by atoms with Crippen LogP contribution in [0.25, 0.3) is 16.5 Å². The molecule has 0 N–H and O–H groups in total. The summed E-state index contributed by atoms with van der Waals surface area (Å²) in [5.74, 6) is -0.641. The molecule has 1 amide bonds. The van der Waals surface area contributed by atoms with Gasteiger partial charge in [-0.1, -0.05) is 36.4 Å². The van der Waals surface area contributed by atoms with Gasteiger partial charge in [-0.25, -0.2) is 4.79 Å². The number of carbonyl (C=O) groups is 2. The second-order valence-electron chi connectivity index (χ2n) is 6.11. The molecule has 4 nitrogen and oxygen atoms in total. The molecule has 0 unspecified atom stereocenters. The number of thioether (sulfide) groups is 1. The van der Waals surface area contributed by atoms with Crippen molar-refractivity contribution in [3.63, 3.8) is 0 Å². The third-order valence-corrected chi connectivity index (χ3v) is 5.40. The van der Waals surface area contributed by atoms with E-state index in [1.807, 2.05) is 66.9 Å². The monoisotopic (exact) mass is 375 g/mol. The molecule has 3 aromatic carbocycles. The molecule has 5 heteroatoms. The number of methoxy groups -OCH3 is 1. The molecule has 1 heterocycles. The van der Waals surface area contributed by atoms with Gasteiger partial charge in [0.1, 0.15) is 0 Å². The molecule has 27 heavy (non-hydrogen) atoms. The molecule has 0 saturated carbocycles. The Morgan fingerprint density at radius 2 is 1.63 bits per heavy atom. The molecule has 0 fully saturated rings. The summed E-state index contributed by atoms with van der Waals surface area (Å²) in [5, 5.41) is 2.00. The number of hydrogen-bond acceptors (Lipinski definition) is 4. The highest BCUT2D eigenvalue weighted by atomic mass is 32.2. The first kappa shape index (κ1) is 17.4. The van der Waals surface area contributed by atoms with Crippen LogP contribution >= 0.6 is 11.8 Å². The van der Waals surface area contributed by atoms with Crippen molar-refractivity contribution in [3.05, 3.63) is 77.9 Å². The maximum Gasteiger partial charge on any atom is 0.332 e. The van der Waals surface area contributed by atoms with Gasteiger partial charge in [0.05, 0.1) is 24.1 Å². The topological polar surface area (TPSA) is 46.6 Å². The minimum atomic E-state index is -0.495. The molecule has 1 aliphatic rings. The average Bonchev–Trinajstić information content (AvgIpc) is 2.97. The molecular weight excluding hydrogens is 358 g/mol. The van der Waals surface area contributed by atoms with Crippen LogP contribution in [-0.4, -0.2) is 25.2 Å². The zero-order valence-corrected chi connectivity index (χ0v) is 15.7. The van der Waals surface area contributed by atoms with Crippen LogP contribution in [0.3, 0.4) is 0 Å². The number of nitrogens with zero attached hydrogens (tertiary/aromatic N) is 1. The fourth-order valence-corrected chi connectivity index (χ4v) is 3.93. The molecule has 4 rings (SSSR count). The van der Waals surface area contributed by atoms with Gasteiger partial charge in [0.2, 0.25) is 0 Å². The summed E-state index contributed by atoms with van der Waals surface area (Å²) in [6.45, 7) is 0. The molecule has 0 aromatic heterocycles. The van der Waals surface area contributed by atoms with Crippen LogP contribution in [0, 0.1) is 0 Å². The Kier molecular flexibility index (Phi) is 4.46. The number of hydrogen-bond donors (Lipinski definition) is 0. The van der Waals surface area contributed by atoms with Crippen molar-refractivity contribution in [2.75, 3.05) is 18.3 Å². The van der Waals surface area contributed by atoms with Crippen molar-refractivity contribution in [2.24, 2.45) is 0 Å². The van der Waals surface area contributed by atoms with E-state index in [1.165, 1.54) is 13.2 Å². The van der Waals surface area contributed by atoms with Crippen molar-refractivity contribution in [1.29, 1.82) is 0 Å². The highest BCUT2D eigenvalue weighted by molar-refractivity contribution is 7.98. The number of benzene rings is 3. The number of carbonyl (C=O) groups excluding carboxylic acids is 2. The van der Waals surface area contributed by atoms with Crippen LogP contribution in [0.2, 0.25) is 0 Å². The first-order valence-electron chi connectivity index (χ1n) is 8.44. The van der Waals surface area contributed by atoms with E-state index in [4.69, 9.17) is 4.74 Å². The van der Waals surface area contributed by atoms with Gasteiger partial charge in [-0.3, -0.25) is 9.69 Å². The number of para-hydroxylation sites is 1. The molecule has 134 valence electrons. The summed E-state index contributed by atoms with van der Waals surface area (Å²) in [6.07, 6.45) is 3.35. The Balaban J connectivity index is 1.98. The summed E-state index contributed by atoms with van der Waals surface area (Å²) >= 11 is 1.56. The number of anilines is 1. The number of rotatable bonds is 3. The van der Waals surface area contributed by atoms with E-state index in [1.54, 1.807) is 16.7 Å². The first-order chi connectivity index (χ1) is 13.1. The van der Waals surface area contributed by atoms with Crippen molar-refractivity contribution < 1.29 is 14.3 Å². The normalized spacial score (nSPS) is 14.7. The van der Waals surface area contributed by atoms with Gasteiger partial charge in [0.15, 0.2) is 0 Å². The molecule has 1 aliphatic heterocycles. The van der Waals surface area contributed by atoms with Gasteiger partial charge in [0.25, 0.3) is 5.91 Å². The zero-order valence-electron chi connectivity index (χ0n) is 14.9. The summed E-state index contributed by atoms with van der Waals surface area (Å²) in [4.78, 5) is 27.9. The fraction of sp³-hybridized carbons (Fsp3) is 0.0909. The predicted molar refractivity (Wildman–Crippen MR) is 109 cm³/mol. The lowest BCUT2D eigenvalue weighted by molar-refractivity contribution is -0.134. The van der Waals surface area contributed by atoms with Gasteiger partial charge in [-0.15, -0.1) is 11.8 Å². The molecule has 0 bridgehead atoms. The van der Waals surface area contributed by atoms with Crippen molar-refractivity contribution >= 4 is 45.8 Å². The largest absolute Gasteiger partial charge is 0.466 e. The Hall–Kier alpha value is -3.05. The number of amides is 1. The maximum atomic E-state index is 13.3. The summed E-state index contributed by atoms with van der Waals surface area (Å²) < 4.78 is 4.83. The number of esters is 1. The molecule has 0 radical (unpaired) electrons. The molecule has 0 saturated heterocycles. The summed E-state index contributed by atoms with van der Waals surface area (Å²) in [7, 11) is 1.33. The average molecular weight is 375 g/mol. The van der Waals surface area contributed by atoms with E-state index < -0.39 is 5.97 Å². The SMILES string of the molecule is COC(=O)/C=C1\c2cc3ccccc3cc2C(=O)N1c1ccccc1SC. The second kappa shape index (κ2) is 6.93. The van der Waals surface area contributed by atoms with Gasteiger partial charge < -0.3 is 4.74 Å². The molecule has 0 aliphatic carbocycles. The summed E-state index contributed by atoms with van der Waals surface area (Å²) in [6, 6.07) is 19.4. The lowest BCUT2D eigenvalue weighted by Crippen LogP contribution is -2.23. The van der Waals surface area contributed by atoms with Crippen LogP contribution in [0.5, 0.6) is 0 Å². The van der Waals surface area contributed by atoms with Gasteiger partial charge >= 0.3 is 5.97 Å². The Labute approximate surface area is 161 Å². The Morgan fingerprint density at radius 3 is 2.30 bits per heavy atom. The Bertz CT molecular complexity index is 1100. The van der Waals surface area contributed by atoms with Gasteiger partial charge in [-0.2, -0.15) is 0 Å². The predicted octanol–water partition coefficient (Wildman–Crippen LogP) is 4.74. The number of fused-ring (bicyclic) bond motifs is 2. The van der Waals surface area contributed by atoms with E-state index in [-0.39, 0.29) is 5.91 Å². The Morgan fingerprint density at radius 1 is 1.00 bits per heavy atom. The second-order valence-corrected chi connectivity index (χ2v) is 6.96. The van der Waals surface area contributed by atoms with Crippen LogP contribution in [0.4, 0.5) is 5.69 Å². The van der Waals surface area contributed by atoms with Crippen molar-refractivity contribution in [2.45, 2.75) is 4.90 Å². The quantitative estimate of drug-likeness (QED) is 0.377. The number of ether oxygens (including phenoxy) is 1. The third-order valence-electron chi connectivity index (χ3n) is 4.62. The third kappa shape index (κ3) is 2.90. The molecule has 3 aromatic rings. The molecule has 0 atom stereocenters. The standard InChI is InChI=1S/C22H17NO3S/c1-26-21(24)13-19-16-11-14-7-3-4-8-15(14)12-17(16)22(25)23(19)18-9-5-6-10-20(18)27-2/h3-13H,1-2H3/b19-13+. The minimum Gasteiger partial charge on any atom is -0.466 e. The van der Waals surface area contributed by atoms with Crippen LogP contribution in [0.15, 0.2) is 71.6 Å². The first-order valence-corrected chi connectivity index (χ1v) is 9.67. The maximum absolute atomic E-state index is 13.3. The van der Waals surface area contributed by atoms with E-state index in [0.29, 0.717) is 11.3 Å². The van der Waals surface area contributed by atoms with E-state index in [0.717, 1.165) is 26.9 Å². The molecular formula is C22H17NO3S. The van der Waals surface area contributed by atoms with Crippen molar-refractivity contribution in [3.8, 4) is 0 Å². The molecule has 0 spiro atoms. The lowest BCUT2D eigenvalue weighted by Gasteiger charge is -2.21. The van der Waals surface area contributed by atoms with Crippen LogP contribution in [-0.2, 0) is 9.53 Å². The van der Waals surface area contributed by atoms with E-state index in [9.17, 15) is 9.59 Å². The smallest absolute Gasteiger partial charge is 0.332 e. The minimum absolute atomic E-state index is 0.146. The summed E-state index contributed by atoms with van der Waals surface area (Å²) in [5.41, 5.74) is 2.61. The van der Waals surface area contributed by atoms with Gasteiger partial charge in [0, 0.05) is 16.5 Å². The zero-order chi connectivity index (χ0) is 19.0. The van der Waals surface area contributed by atoms with Crippen LogP contribution < -0.4 is 4.90 Å². The van der Waals surface area contributed by atoms with Crippen molar-refractivity contribution in [1.82, 2.24) is 0 Å². The highest BCUT2D eigenvalue weighted by Gasteiger charge is 2.35. The van der Waals surface area contributed by atoms with E-state index >= 15 is 0 Å². The fourth-order valence-electron chi connectivity index (χ4n) is 3.35. The van der Waals surface area contributed by atoms with Crippen LogP contribution in [0.1, 0.15) is 15.9 Å².